The van der Waals surface area contributed by atoms with Gasteiger partial charge in [-0.15, -0.1) is 24.0 Å². The molecule has 0 atom stereocenters. The summed E-state index contributed by atoms with van der Waals surface area (Å²) in [6.07, 6.45) is 0. The standard InChI is InChI=1S/C9H7BrOS2/c10-4-6-7(12)3-5-1-2-13-9(5)8(6)11/h1-3,11-12H,4H2. The topological polar surface area (TPSA) is 20.2 Å². The predicted molar refractivity (Wildman–Crippen MR) is 63.4 cm³/mol. The number of fused-ring (bicyclic) bond motifs is 1. The Morgan fingerprint density at radius 2 is 2.31 bits per heavy atom. The van der Waals surface area contributed by atoms with Gasteiger partial charge in [-0.1, -0.05) is 15.9 Å². The van der Waals surface area contributed by atoms with E-state index in [1.54, 1.807) is 11.3 Å². The molecule has 1 heterocycles. The number of hydrogen-bond donors (Lipinski definition) is 2. The molecular weight excluding hydrogens is 268 g/mol. The maximum atomic E-state index is 9.85. The lowest BCUT2D eigenvalue weighted by molar-refractivity contribution is 0.476. The van der Waals surface area contributed by atoms with Gasteiger partial charge in [-0.05, 0) is 22.9 Å². The van der Waals surface area contributed by atoms with Crippen LogP contribution in [0.15, 0.2) is 22.4 Å². The average molecular weight is 275 g/mol. The first kappa shape index (κ1) is 9.37. The molecular formula is C9H7BrOS2. The Labute approximate surface area is 93.9 Å². The Kier molecular flexibility index (Phi) is 2.53. The number of hydrogen-bond acceptors (Lipinski definition) is 3. The first-order chi connectivity index (χ1) is 6.24. The van der Waals surface area contributed by atoms with Crippen LogP contribution in [0.25, 0.3) is 10.1 Å². The van der Waals surface area contributed by atoms with Crippen LogP contribution in [0.4, 0.5) is 0 Å². The lowest BCUT2D eigenvalue weighted by atomic mass is 10.2. The first-order valence-electron chi connectivity index (χ1n) is 3.71. The van der Waals surface area contributed by atoms with E-state index in [2.05, 4.69) is 28.6 Å². The van der Waals surface area contributed by atoms with Gasteiger partial charge in [0.15, 0.2) is 0 Å². The SMILES string of the molecule is Oc1c(CBr)c(S)cc2ccsc12. The molecule has 1 aromatic heterocycles. The van der Waals surface area contributed by atoms with Crippen molar-refractivity contribution in [3.05, 3.63) is 23.1 Å². The number of benzene rings is 1. The third-order valence-electron chi connectivity index (χ3n) is 1.93. The highest BCUT2D eigenvalue weighted by molar-refractivity contribution is 9.08. The second-order valence-electron chi connectivity index (χ2n) is 2.70. The summed E-state index contributed by atoms with van der Waals surface area (Å²) in [6, 6.07) is 3.96. The van der Waals surface area contributed by atoms with Crippen molar-refractivity contribution in [3.8, 4) is 5.75 Å². The second-order valence-corrected chi connectivity index (χ2v) is 4.65. The Morgan fingerprint density at radius 1 is 1.54 bits per heavy atom. The Balaban J connectivity index is 2.85. The molecule has 0 aliphatic carbocycles. The van der Waals surface area contributed by atoms with Crippen molar-refractivity contribution in [1.29, 1.82) is 0 Å². The van der Waals surface area contributed by atoms with Gasteiger partial charge < -0.3 is 5.11 Å². The van der Waals surface area contributed by atoms with Crippen molar-refractivity contribution in [3.63, 3.8) is 0 Å². The summed E-state index contributed by atoms with van der Waals surface area (Å²) in [6.45, 7) is 0. The Bertz CT molecular complexity index is 450. The van der Waals surface area contributed by atoms with Gasteiger partial charge in [-0.2, -0.15) is 0 Å². The van der Waals surface area contributed by atoms with Crippen molar-refractivity contribution < 1.29 is 5.11 Å². The van der Waals surface area contributed by atoms with Gasteiger partial charge >= 0.3 is 0 Å². The number of aromatic hydroxyl groups is 1. The van der Waals surface area contributed by atoms with Crippen LogP contribution >= 0.6 is 39.9 Å². The van der Waals surface area contributed by atoms with Crippen LogP contribution in [0, 0.1) is 0 Å². The quantitative estimate of drug-likeness (QED) is 0.599. The molecule has 1 nitrogen and oxygen atoms in total. The molecule has 2 aromatic rings. The molecule has 1 aromatic carbocycles. The number of thiol groups is 1. The van der Waals surface area contributed by atoms with Crippen LogP contribution < -0.4 is 0 Å². The Morgan fingerprint density at radius 3 is 3.00 bits per heavy atom. The van der Waals surface area contributed by atoms with Gasteiger partial charge in [-0.25, -0.2) is 0 Å². The lowest BCUT2D eigenvalue weighted by Gasteiger charge is -2.05. The van der Waals surface area contributed by atoms with Crippen molar-refractivity contribution in [2.24, 2.45) is 0 Å². The van der Waals surface area contributed by atoms with Gasteiger partial charge in [0.1, 0.15) is 5.75 Å². The zero-order chi connectivity index (χ0) is 9.42. The summed E-state index contributed by atoms with van der Waals surface area (Å²) in [4.78, 5) is 0.834. The lowest BCUT2D eigenvalue weighted by Crippen LogP contribution is -1.82. The zero-order valence-electron chi connectivity index (χ0n) is 6.62. The third-order valence-corrected chi connectivity index (χ3v) is 3.83. The van der Waals surface area contributed by atoms with Crippen molar-refractivity contribution >= 4 is 50.0 Å². The number of phenols is 1. The maximum absolute atomic E-state index is 9.85. The molecule has 0 aliphatic heterocycles. The summed E-state index contributed by atoms with van der Waals surface area (Å²) < 4.78 is 0.937. The van der Waals surface area contributed by atoms with E-state index in [9.17, 15) is 5.11 Å². The van der Waals surface area contributed by atoms with E-state index in [4.69, 9.17) is 0 Å². The van der Waals surface area contributed by atoms with Crippen molar-refractivity contribution in [2.45, 2.75) is 10.2 Å². The van der Waals surface area contributed by atoms with Gasteiger partial charge in [-0.3, -0.25) is 0 Å². The van der Waals surface area contributed by atoms with E-state index in [1.807, 2.05) is 17.5 Å². The molecule has 0 spiro atoms. The number of halogens is 1. The minimum absolute atomic E-state index is 0.356. The summed E-state index contributed by atoms with van der Waals surface area (Å²) in [7, 11) is 0. The molecule has 2 rings (SSSR count). The average Bonchev–Trinajstić information content (AvgIpc) is 2.53. The normalized spacial score (nSPS) is 10.9. The van der Waals surface area contributed by atoms with E-state index >= 15 is 0 Å². The van der Waals surface area contributed by atoms with Crippen molar-refractivity contribution in [1.82, 2.24) is 0 Å². The molecule has 0 unspecified atom stereocenters. The molecule has 0 saturated heterocycles. The molecule has 1 N–H and O–H groups in total. The highest BCUT2D eigenvalue weighted by atomic mass is 79.9. The summed E-state index contributed by atoms with van der Waals surface area (Å²) in [5, 5.41) is 13.5. The molecule has 68 valence electrons. The van der Waals surface area contributed by atoms with E-state index < -0.39 is 0 Å². The van der Waals surface area contributed by atoms with Crippen LogP contribution in [-0.4, -0.2) is 5.11 Å². The fourth-order valence-electron chi connectivity index (χ4n) is 1.25. The molecule has 0 bridgehead atoms. The van der Waals surface area contributed by atoms with Gasteiger partial charge in [0, 0.05) is 15.8 Å². The van der Waals surface area contributed by atoms with Crippen molar-refractivity contribution in [2.75, 3.05) is 0 Å². The first-order valence-corrected chi connectivity index (χ1v) is 6.16. The number of alkyl halides is 1. The molecule has 0 saturated carbocycles. The van der Waals surface area contributed by atoms with Gasteiger partial charge in [0.05, 0.1) is 4.70 Å². The fraction of sp³-hybridized carbons (Fsp3) is 0.111. The highest BCUT2D eigenvalue weighted by Gasteiger charge is 2.10. The van der Waals surface area contributed by atoms with E-state index in [-0.39, 0.29) is 0 Å². The van der Waals surface area contributed by atoms with Crippen LogP contribution in [0.5, 0.6) is 5.75 Å². The summed E-state index contributed by atoms with van der Waals surface area (Å²) in [5.74, 6) is 0.356. The highest BCUT2D eigenvalue weighted by Crippen LogP contribution is 2.37. The molecule has 0 fully saturated rings. The zero-order valence-corrected chi connectivity index (χ0v) is 9.92. The number of thiophene rings is 1. The minimum Gasteiger partial charge on any atom is -0.506 e. The monoisotopic (exact) mass is 274 g/mol. The smallest absolute Gasteiger partial charge is 0.138 e. The fourth-order valence-corrected chi connectivity index (χ4v) is 3.21. The summed E-state index contributed by atoms with van der Waals surface area (Å²) >= 11 is 9.19. The molecule has 4 heteroatoms. The van der Waals surface area contributed by atoms with Gasteiger partial charge in [0.25, 0.3) is 0 Å². The molecule has 0 radical (unpaired) electrons. The maximum Gasteiger partial charge on any atom is 0.138 e. The number of rotatable bonds is 1. The summed E-state index contributed by atoms with van der Waals surface area (Å²) in [5.41, 5.74) is 0.860. The largest absolute Gasteiger partial charge is 0.506 e. The number of phenolic OH excluding ortho intramolecular Hbond substituents is 1. The predicted octanol–water partition coefficient (Wildman–Crippen LogP) is 3.79. The molecule has 13 heavy (non-hydrogen) atoms. The third kappa shape index (κ3) is 1.47. The van der Waals surface area contributed by atoms with Crippen LogP contribution in [-0.2, 0) is 5.33 Å². The van der Waals surface area contributed by atoms with E-state index in [0.29, 0.717) is 11.1 Å². The van der Waals surface area contributed by atoms with E-state index in [0.717, 1.165) is 20.5 Å². The molecule has 0 aliphatic rings. The van der Waals surface area contributed by atoms with Crippen LogP contribution in [0.3, 0.4) is 0 Å². The minimum atomic E-state index is 0.356. The van der Waals surface area contributed by atoms with Crippen LogP contribution in [0.2, 0.25) is 0 Å². The van der Waals surface area contributed by atoms with Crippen LogP contribution in [0.1, 0.15) is 5.56 Å². The van der Waals surface area contributed by atoms with Gasteiger partial charge in [0.2, 0.25) is 0 Å². The second kappa shape index (κ2) is 3.52. The molecule has 0 amide bonds. The Hall–Kier alpha value is -0.190. The van der Waals surface area contributed by atoms with E-state index in [1.165, 1.54) is 0 Å².